The van der Waals surface area contributed by atoms with Gasteiger partial charge in [-0.25, -0.2) is 4.98 Å². The lowest BCUT2D eigenvalue weighted by atomic mass is 9.96. The van der Waals surface area contributed by atoms with Crippen LogP contribution in [-0.2, 0) is 12.8 Å². The van der Waals surface area contributed by atoms with Gasteiger partial charge in [-0.05, 0) is 56.0 Å². The molecular weight excluding hydrogens is 246 g/mol. The van der Waals surface area contributed by atoms with Gasteiger partial charge in [-0.2, -0.15) is 0 Å². The molecule has 104 valence electrons. The second-order valence-electron chi connectivity index (χ2n) is 5.41. The van der Waals surface area contributed by atoms with E-state index in [0.29, 0.717) is 12.6 Å². The Kier molecular flexibility index (Phi) is 3.70. The number of para-hydroxylation sites is 1. The van der Waals surface area contributed by atoms with Crippen molar-refractivity contribution in [3.05, 3.63) is 53.7 Å². The van der Waals surface area contributed by atoms with Crippen LogP contribution in [0.25, 0.3) is 0 Å². The van der Waals surface area contributed by atoms with Crippen molar-refractivity contribution in [1.82, 2.24) is 4.98 Å². The summed E-state index contributed by atoms with van der Waals surface area (Å²) in [5.74, 6) is 1.07. The van der Waals surface area contributed by atoms with Gasteiger partial charge >= 0.3 is 0 Å². The average Bonchev–Trinajstić information content (AvgIpc) is 2.49. The molecule has 0 fully saturated rings. The Labute approximate surface area is 120 Å². The van der Waals surface area contributed by atoms with Crippen LogP contribution in [0, 0.1) is 0 Å². The van der Waals surface area contributed by atoms with Crippen molar-refractivity contribution < 1.29 is 0 Å². The molecule has 1 aliphatic heterocycles. The Hall–Kier alpha value is -1.87. The van der Waals surface area contributed by atoms with Crippen molar-refractivity contribution in [2.75, 3.05) is 11.4 Å². The molecule has 1 aromatic heterocycles. The third kappa shape index (κ3) is 2.29. The van der Waals surface area contributed by atoms with Gasteiger partial charge in [0.2, 0.25) is 0 Å². The fraction of sp³-hybridized carbons (Fsp3) is 0.353. The molecule has 3 heteroatoms. The fourth-order valence-electron chi connectivity index (χ4n) is 3.01. The highest BCUT2D eigenvalue weighted by molar-refractivity contribution is 5.68. The predicted molar refractivity (Wildman–Crippen MR) is 83.4 cm³/mol. The molecule has 2 N–H and O–H groups in total. The van der Waals surface area contributed by atoms with Gasteiger partial charge in [-0.1, -0.05) is 24.3 Å². The van der Waals surface area contributed by atoms with E-state index in [1.165, 1.54) is 16.8 Å². The molecule has 0 bridgehead atoms. The van der Waals surface area contributed by atoms with Crippen LogP contribution < -0.4 is 10.6 Å². The molecule has 0 saturated carbocycles. The summed E-state index contributed by atoms with van der Waals surface area (Å²) in [7, 11) is 0. The maximum absolute atomic E-state index is 5.74. The molecule has 20 heavy (non-hydrogen) atoms. The van der Waals surface area contributed by atoms with E-state index in [9.17, 15) is 0 Å². The van der Waals surface area contributed by atoms with Gasteiger partial charge in [-0.3, -0.25) is 0 Å². The maximum Gasteiger partial charge on any atom is 0.136 e. The summed E-state index contributed by atoms with van der Waals surface area (Å²) < 4.78 is 0. The molecular formula is C17H21N3. The molecule has 0 aliphatic carbocycles. The van der Waals surface area contributed by atoms with E-state index in [1.807, 2.05) is 12.3 Å². The first kappa shape index (κ1) is 13.1. The van der Waals surface area contributed by atoms with Crippen LogP contribution >= 0.6 is 0 Å². The van der Waals surface area contributed by atoms with Gasteiger partial charge in [-0.15, -0.1) is 0 Å². The molecule has 0 spiro atoms. The predicted octanol–water partition coefficient (Wildman–Crippen LogP) is 3.06. The van der Waals surface area contributed by atoms with Crippen LogP contribution in [0.5, 0.6) is 0 Å². The van der Waals surface area contributed by atoms with E-state index in [4.69, 9.17) is 5.73 Å². The maximum atomic E-state index is 5.74. The van der Waals surface area contributed by atoms with E-state index in [2.05, 4.69) is 47.1 Å². The second kappa shape index (κ2) is 5.63. The Morgan fingerprint density at radius 1 is 1.25 bits per heavy atom. The topological polar surface area (TPSA) is 42.2 Å². The first-order valence-electron chi connectivity index (χ1n) is 7.32. The van der Waals surface area contributed by atoms with Crippen molar-refractivity contribution in [1.29, 1.82) is 0 Å². The number of aromatic nitrogens is 1. The number of hydrogen-bond acceptors (Lipinski definition) is 3. The average molecular weight is 267 g/mol. The van der Waals surface area contributed by atoms with Gasteiger partial charge in [0.15, 0.2) is 0 Å². The monoisotopic (exact) mass is 267 g/mol. The molecule has 1 unspecified atom stereocenters. The van der Waals surface area contributed by atoms with Crippen molar-refractivity contribution in [2.24, 2.45) is 5.73 Å². The number of nitrogens with zero attached hydrogens (tertiary/aromatic N) is 2. The molecule has 0 amide bonds. The van der Waals surface area contributed by atoms with Crippen molar-refractivity contribution >= 4 is 11.5 Å². The summed E-state index contributed by atoms with van der Waals surface area (Å²) in [4.78, 5) is 7.02. The first-order valence-corrected chi connectivity index (χ1v) is 7.32. The van der Waals surface area contributed by atoms with Crippen molar-refractivity contribution in [3.63, 3.8) is 0 Å². The summed E-state index contributed by atoms with van der Waals surface area (Å²) >= 11 is 0. The number of pyridine rings is 1. The van der Waals surface area contributed by atoms with Crippen LogP contribution in [0.15, 0.2) is 42.6 Å². The van der Waals surface area contributed by atoms with E-state index in [-0.39, 0.29) is 0 Å². The normalized spacial score (nSPS) is 17.9. The summed E-state index contributed by atoms with van der Waals surface area (Å²) in [6.45, 7) is 2.93. The van der Waals surface area contributed by atoms with Gasteiger partial charge in [0.1, 0.15) is 5.82 Å². The van der Waals surface area contributed by atoms with Crippen molar-refractivity contribution in [3.8, 4) is 0 Å². The molecule has 3 nitrogen and oxygen atoms in total. The minimum atomic E-state index is 0.469. The largest absolute Gasteiger partial charge is 0.330 e. The van der Waals surface area contributed by atoms with Crippen LogP contribution in [0.4, 0.5) is 11.5 Å². The summed E-state index contributed by atoms with van der Waals surface area (Å²) in [6.07, 6.45) is 5.05. The van der Waals surface area contributed by atoms with Gasteiger partial charge in [0.05, 0.1) is 0 Å². The molecule has 2 heterocycles. The Balaban J connectivity index is 2.09. The number of fused-ring (bicyclic) bond motifs is 1. The molecule has 1 atom stereocenters. The summed E-state index contributed by atoms with van der Waals surface area (Å²) in [5, 5.41) is 0. The molecule has 1 aliphatic rings. The lowest BCUT2D eigenvalue weighted by Gasteiger charge is -2.37. The van der Waals surface area contributed by atoms with Gasteiger partial charge in [0, 0.05) is 17.9 Å². The second-order valence-corrected chi connectivity index (χ2v) is 5.41. The molecule has 0 saturated heterocycles. The van der Waals surface area contributed by atoms with Crippen LogP contribution in [0.1, 0.15) is 24.5 Å². The van der Waals surface area contributed by atoms with Gasteiger partial charge < -0.3 is 10.6 Å². The lowest BCUT2D eigenvalue weighted by molar-refractivity contribution is 0.611. The highest BCUT2D eigenvalue weighted by atomic mass is 15.2. The highest BCUT2D eigenvalue weighted by Crippen LogP contribution is 2.37. The fourth-order valence-corrected chi connectivity index (χ4v) is 3.01. The van der Waals surface area contributed by atoms with Crippen molar-refractivity contribution in [2.45, 2.75) is 32.2 Å². The smallest absolute Gasteiger partial charge is 0.136 e. The minimum Gasteiger partial charge on any atom is -0.330 e. The third-order valence-corrected chi connectivity index (χ3v) is 4.03. The first-order chi connectivity index (χ1) is 9.81. The number of nitrogens with two attached hydrogens (primary N) is 1. The molecule has 1 aromatic carbocycles. The van der Waals surface area contributed by atoms with Crippen LogP contribution in [-0.4, -0.2) is 17.6 Å². The zero-order chi connectivity index (χ0) is 13.9. The standard InChI is InChI=1S/C17H21N3/c1-13-8-9-14-5-2-3-7-16(14)20(13)17-15(10-11-18)6-4-12-19-17/h2-7,12-13H,8-11,18H2,1H3. The van der Waals surface area contributed by atoms with E-state index < -0.39 is 0 Å². The summed E-state index contributed by atoms with van der Waals surface area (Å²) in [6, 6.07) is 13.2. The van der Waals surface area contributed by atoms with E-state index in [0.717, 1.165) is 25.1 Å². The lowest BCUT2D eigenvalue weighted by Crippen LogP contribution is -2.34. The Bertz CT molecular complexity index is 594. The number of rotatable bonds is 3. The number of anilines is 2. The number of hydrogen-bond donors (Lipinski definition) is 1. The SMILES string of the molecule is CC1CCc2ccccc2N1c1ncccc1CCN. The molecule has 0 radical (unpaired) electrons. The zero-order valence-electron chi connectivity index (χ0n) is 11.9. The Morgan fingerprint density at radius 2 is 2.10 bits per heavy atom. The Morgan fingerprint density at radius 3 is 2.95 bits per heavy atom. The molecule has 2 aromatic rings. The zero-order valence-corrected chi connectivity index (χ0v) is 11.9. The van der Waals surface area contributed by atoms with E-state index in [1.54, 1.807) is 0 Å². The number of benzene rings is 1. The highest BCUT2D eigenvalue weighted by Gasteiger charge is 2.26. The van der Waals surface area contributed by atoms with E-state index >= 15 is 0 Å². The third-order valence-electron chi connectivity index (χ3n) is 4.03. The van der Waals surface area contributed by atoms with Crippen LogP contribution in [0.2, 0.25) is 0 Å². The van der Waals surface area contributed by atoms with Gasteiger partial charge in [0.25, 0.3) is 0 Å². The minimum absolute atomic E-state index is 0.469. The quantitative estimate of drug-likeness (QED) is 0.929. The molecule has 3 rings (SSSR count). The van der Waals surface area contributed by atoms with Crippen LogP contribution in [0.3, 0.4) is 0 Å². The number of aryl methyl sites for hydroxylation is 1. The summed E-state index contributed by atoms with van der Waals surface area (Å²) in [5.41, 5.74) is 9.68.